The molecule has 0 atom stereocenters. The van der Waals surface area contributed by atoms with Crippen LogP contribution in [-0.2, 0) is 0 Å². The zero-order valence-corrected chi connectivity index (χ0v) is 17.3. The summed E-state index contributed by atoms with van der Waals surface area (Å²) in [4.78, 5) is 18.6. The molecular weight excluding hydrogens is 438 g/mol. The van der Waals surface area contributed by atoms with E-state index in [1.165, 1.54) is 11.3 Å². The van der Waals surface area contributed by atoms with Crippen molar-refractivity contribution in [2.75, 3.05) is 18.2 Å². The van der Waals surface area contributed by atoms with E-state index in [0.29, 0.717) is 16.3 Å². The molecule has 2 heterocycles. The van der Waals surface area contributed by atoms with Crippen molar-refractivity contribution in [2.24, 2.45) is 0 Å². The first-order valence-corrected chi connectivity index (χ1v) is 10.1. The highest BCUT2D eigenvalue weighted by atomic mass is 79.9. The number of nitrogen functional groups attached to an aromatic ring is 1. The molecule has 0 fully saturated rings. The van der Waals surface area contributed by atoms with Gasteiger partial charge in [-0.3, -0.25) is 4.79 Å². The topological polar surface area (TPSA) is 77.2 Å². The number of anilines is 2. The first-order chi connectivity index (χ1) is 13.5. The van der Waals surface area contributed by atoms with Crippen LogP contribution in [0.1, 0.15) is 9.67 Å². The number of amides is 1. The Hall–Kier alpha value is -2.90. The summed E-state index contributed by atoms with van der Waals surface area (Å²) in [5.41, 5.74) is 9.12. The van der Waals surface area contributed by atoms with Crippen LogP contribution in [0.25, 0.3) is 21.5 Å². The number of rotatable bonds is 4. The lowest BCUT2D eigenvalue weighted by molar-refractivity contribution is 0.103. The number of ether oxygens (including phenoxy) is 1. The highest BCUT2D eigenvalue weighted by Gasteiger charge is 2.18. The summed E-state index contributed by atoms with van der Waals surface area (Å²) in [6.45, 7) is 0. The van der Waals surface area contributed by atoms with E-state index in [2.05, 4.69) is 21.2 Å². The Morgan fingerprint density at radius 1 is 1.14 bits per heavy atom. The highest BCUT2D eigenvalue weighted by Crippen LogP contribution is 2.35. The van der Waals surface area contributed by atoms with Gasteiger partial charge in [-0.2, -0.15) is 0 Å². The second kappa shape index (κ2) is 7.61. The van der Waals surface area contributed by atoms with Gasteiger partial charge in [-0.25, -0.2) is 4.98 Å². The number of thiophene rings is 1. The minimum atomic E-state index is -0.245. The van der Waals surface area contributed by atoms with Crippen LogP contribution < -0.4 is 15.8 Å². The van der Waals surface area contributed by atoms with Crippen molar-refractivity contribution in [3.05, 3.63) is 70.0 Å². The minimum absolute atomic E-state index is 0.245. The van der Waals surface area contributed by atoms with Crippen LogP contribution in [0.5, 0.6) is 5.75 Å². The van der Waals surface area contributed by atoms with Crippen LogP contribution in [0.15, 0.2) is 65.1 Å². The fraction of sp³-hybridized carbons (Fsp3) is 0.0476. The van der Waals surface area contributed by atoms with E-state index < -0.39 is 0 Å². The summed E-state index contributed by atoms with van der Waals surface area (Å²) in [5.74, 6) is 0.519. The first kappa shape index (κ1) is 18.5. The average Bonchev–Trinajstić information content (AvgIpc) is 3.06. The van der Waals surface area contributed by atoms with E-state index in [9.17, 15) is 4.79 Å². The fourth-order valence-corrected chi connectivity index (χ4v) is 4.08. The smallest absolute Gasteiger partial charge is 0.267 e. The number of fused-ring (bicyclic) bond motifs is 1. The van der Waals surface area contributed by atoms with Crippen LogP contribution in [0.2, 0.25) is 0 Å². The molecule has 0 aliphatic heterocycles. The molecule has 0 unspecified atom stereocenters. The number of nitrogens with zero attached hydrogens (tertiary/aromatic N) is 1. The third-order valence-corrected chi connectivity index (χ3v) is 5.91. The lowest BCUT2D eigenvalue weighted by Crippen LogP contribution is -2.11. The van der Waals surface area contributed by atoms with Gasteiger partial charge in [0.1, 0.15) is 15.5 Å². The Balaban J connectivity index is 1.67. The minimum Gasteiger partial charge on any atom is -0.497 e. The molecule has 0 aliphatic rings. The Morgan fingerprint density at radius 2 is 1.93 bits per heavy atom. The SMILES string of the molecule is COc1cccc(-c2ccc3c(N)c(C(=O)Nc4ccc(Br)cc4)sc3n2)c1. The maximum Gasteiger partial charge on any atom is 0.267 e. The van der Waals surface area contributed by atoms with Crippen LogP contribution in [0.4, 0.5) is 11.4 Å². The second-order valence-electron chi connectivity index (χ2n) is 6.09. The zero-order chi connectivity index (χ0) is 19.7. The van der Waals surface area contributed by atoms with Gasteiger partial charge in [0, 0.05) is 21.1 Å². The molecule has 7 heteroatoms. The van der Waals surface area contributed by atoms with E-state index >= 15 is 0 Å². The summed E-state index contributed by atoms with van der Waals surface area (Å²) in [6.07, 6.45) is 0. The molecule has 4 aromatic rings. The number of aromatic nitrogens is 1. The van der Waals surface area contributed by atoms with Gasteiger partial charge < -0.3 is 15.8 Å². The molecule has 0 spiro atoms. The number of hydrogen-bond acceptors (Lipinski definition) is 5. The number of benzene rings is 2. The molecule has 1 amide bonds. The van der Waals surface area contributed by atoms with E-state index in [0.717, 1.165) is 31.7 Å². The summed E-state index contributed by atoms with van der Waals surface area (Å²) >= 11 is 4.66. The van der Waals surface area contributed by atoms with Crippen molar-refractivity contribution in [3.8, 4) is 17.0 Å². The van der Waals surface area contributed by atoms with Gasteiger partial charge in [0.05, 0.1) is 18.5 Å². The third-order valence-electron chi connectivity index (χ3n) is 4.27. The van der Waals surface area contributed by atoms with Gasteiger partial charge in [0.25, 0.3) is 5.91 Å². The maximum atomic E-state index is 12.7. The van der Waals surface area contributed by atoms with Gasteiger partial charge in [-0.15, -0.1) is 11.3 Å². The zero-order valence-electron chi connectivity index (χ0n) is 14.9. The summed E-state index contributed by atoms with van der Waals surface area (Å²) in [6, 6.07) is 18.9. The number of carbonyl (C=O) groups excluding carboxylic acids is 1. The Morgan fingerprint density at radius 3 is 2.68 bits per heavy atom. The Labute approximate surface area is 174 Å². The van der Waals surface area contributed by atoms with Crippen LogP contribution >= 0.6 is 27.3 Å². The predicted molar refractivity (Wildman–Crippen MR) is 118 cm³/mol. The second-order valence-corrected chi connectivity index (χ2v) is 8.00. The molecule has 3 N–H and O–H groups in total. The molecule has 2 aromatic heterocycles. The van der Waals surface area contributed by atoms with Gasteiger partial charge in [0.15, 0.2) is 0 Å². The van der Waals surface area contributed by atoms with Crippen LogP contribution in [-0.4, -0.2) is 18.0 Å². The van der Waals surface area contributed by atoms with Gasteiger partial charge >= 0.3 is 0 Å². The number of pyridine rings is 1. The van der Waals surface area contributed by atoms with E-state index in [1.54, 1.807) is 7.11 Å². The molecular formula is C21H16BrN3O2S. The van der Waals surface area contributed by atoms with E-state index in [1.807, 2.05) is 60.7 Å². The summed E-state index contributed by atoms with van der Waals surface area (Å²) in [5, 5.41) is 3.65. The lowest BCUT2D eigenvalue weighted by Gasteiger charge is -2.04. The molecule has 140 valence electrons. The first-order valence-electron chi connectivity index (χ1n) is 8.45. The molecule has 5 nitrogen and oxygen atoms in total. The number of hydrogen-bond donors (Lipinski definition) is 2. The van der Waals surface area contributed by atoms with Crippen molar-refractivity contribution in [3.63, 3.8) is 0 Å². The van der Waals surface area contributed by atoms with E-state index in [4.69, 9.17) is 15.5 Å². The maximum absolute atomic E-state index is 12.7. The molecule has 0 aliphatic carbocycles. The van der Waals surface area contributed by atoms with Crippen LogP contribution in [0, 0.1) is 0 Å². The molecule has 0 saturated carbocycles. The number of nitrogens with one attached hydrogen (secondary N) is 1. The standard InChI is InChI=1S/C21H16BrN3O2S/c1-27-15-4-2-3-12(11-15)17-10-9-16-18(23)19(28-21(16)25-17)20(26)24-14-7-5-13(22)6-8-14/h2-11H,23H2,1H3,(H,24,26). The third kappa shape index (κ3) is 3.58. The number of carbonyl (C=O) groups is 1. The molecule has 28 heavy (non-hydrogen) atoms. The lowest BCUT2D eigenvalue weighted by atomic mass is 10.1. The van der Waals surface area contributed by atoms with Gasteiger partial charge in [-0.05, 0) is 48.5 Å². The van der Waals surface area contributed by atoms with Gasteiger partial charge in [0.2, 0.25) is 0 Å². The Kier molecular flexibility index (Phi) is 5.02. The van der Waals surface area contributed by atoms with E-state index in [-0.39, 0.29) is 5.91 Å². The largest absolute Gasteiger partial charge is 0.497 e. The van der Waals surface area contributed by atoms with Gasteiger partial charge in [-0.1, -0.05) is 28.1 Å². The van der Waals surface area contributed by atoms with Crippen molar-refractivity contribution in [1.29, 1.82) is 0 Å². The predicted octanol–water partition coefficient (Wildman–Crippen LogP) is 5.57. The number of nitrogens with two attached hydrogens (primary N) is 1. The quantitative estimate of drug-likeness (QED) is 0.423. The monoisotopic (exact) mass is 453 g/mol. The number of halogens is 1. The molecule has 2 aromatic carbocycles. The normalized spacial score (nSPS) is 10.8. The highest BCUT2D eigenvalue weighted by molar-refractivity contribution is 9.10. The molecule has 4 rings (SSSR count). The summed E-state index contributed by atoms with van der Waals surface area (Å²) < 4.78 is 6.23. The Bertz CT molecular complexity index is 1170. The molecule has 0 saturated heterocycles. The van der Waals surface area contributed by atoms with Crippen LogP contribution in [0.3, 0.4) is 0 Å². The molecule has 0 radical (unpaired) electrons. The summed E-state index contributed by atoms with van der Waals surface area (Å²) in [7, 11) is 1.63. The van der Waals surface area contributed by atoms with Crippen molar-refractivity contribution in [2.45, 2.75) is 0 Å². The molecule has 0 bridgehead atoms. The fourth-order valence-electron chi connectivity index (χ4n) is 2.83. The van der Waals surface area contributed by atoms with Crippen molar-refractivity contribution < 1.29 is 9.53 Å². The average molecular weight is 454 g/mol. The number of methoxy groups -OCH3 is 1. The van der Waals surface area contributed by atoms with Crippen molar-refractivity contribution in [1.82, 2.24) is 4.98 Å². The van der Waals surface area contributed by atoms with Crippen molar-refractivity contribution >= 4 is 54.8 Å².